The summed E-state index contributed by atoms with van der Waals surface area (Å²) in [7, 11) is -1.28. The van der Waals surface area contributed by atoms with E-state index in [1.54, 1.807) is 6.92 Å². The molecule has 0 aromatic rings. The Bertz CT molecular complexity index is 194. The van der Waals surface area contributed by atoms with Gasteiger partial charge in [0.2, 0.25) is 0 Å². The van der Waals surface area contributed by atoms with Gasteiger partial charge in [0.1, 0.15) is 10.8 Å². The Morgan fingerprint density at radius 3 is 2.30 bits per heavy atom. The first kappa shape index (κ1) is 9.04. The van der Waals surface area contributed by atoms with Gasteiger partial charge in [0.05, 0.1) is 0 Å². The first-order chi connectivity index (χ1) is 4.57. The molecule has 10 heavy (non-hydrogen) atoms. The molecule has 0 saturated carbocycles. The lowest BCUT2D eigenvalue weighted by Crippen LogP contribution is -2.17. The Balaban J connectivity index is 3.92. The van der Waals surface area contributed by atoms with Crippen molar-refractivity contribution >= 4 is 20.3 Å². The minimum absolute atomic E-state index is 0.0788. The van der Waals surface area contributed by atoms with Gasteiger partial charge in [-0.3, -0.25) is 0 Å². The van der Waals surface area contributed by atoms with Crippen LogP contribution in [0.2, 0.25) is 0 Å². The van der Waals surface area contributed by atoms with Crippen molar-refractivity contribution in [2.75, 3.05) is 0 Å². The van der Waals surface area contributed by atoms with Gasteiger partial charge in [-0.25, -0.2) is 0 Å². The third-order valence-electron chi connectivity index (χ3n) is 1.04. The summed E-state index contributed by atoms with van der Waals surface area (Å²) in [6.45, 7) is 8.33. The average molecular weight is 154 g/mol. The SMILES string of the molecule is C=CC(=O)[SiH2]C(=O)C(=C)C. The van der Waals surface area contributed by atoms with Crippen LogP contribution >= 0.6 is 0 Å². The van der Waals surface area contributed by atoms with Crippen LogP contribution in [0.15, 0.2) is 24.8 Å². The second-order valence-electron chi connectivity index (χ2n) is 2.05. The molecule has 0 aliphatic heterocycles. The highest BCUT2D eigenvalue weighted by Crippen LogP contribution is 1.87. The lowest BCUT2D eigenvalue weighted by molar-refractivity contribution is -0.111. The molecule has 0 aromatic carbocycles. The van der Waals surface area contributed by atoms with Gasteiger partial charge in [0.25, 0.3) is 0 Å². The third-order valence-corrected chi connectivity index (χ3v) is 2.60. The highest BCUT2D eigenvalue weighted by molar-refractivity contribution is 7.00. The van der Waals surface area contributed by atoms with Crippen LogP contribution in [0.3, 0.4) is 0 Å². The number of rotatable bonds is 4. The van der Waals surface area contributed by atoms with E-state index in [0.29, 0.717) is 5.57 Å². The molecule has 0 bridgehead atoms. The maximum absolute atomic E-state index is 10.8. The molecule has 2 nitrogen and oxygen atoms in total. The molecule has 0 rings (SSSR count). The predicted molar refractivity (Wildman–Crippen MR) is 43.6 cm³/mol. The molecule has 0 spiro atoms. The van der Waals surface area contributed by atoms with Gasteiger partial charge in [0, 0.05) is 0 Å². The maximum Gasteiger partial charge on any atom is 0.189 e. The van der Waals surface area contributed by atoms with E-state index in [1.165, 1.54) is 6.08 Å². The molecule has 0 heterocycles. The van der Waals surface area contributed by atoms with Crippen molar-refractivity contribution in [2.45, 2.75) is 6.92 Å². The second kappa shape index (κ2) is 3.95. The van der Waals surface area contributed by atoms with E-state index >= 15 is 0 Å². The molecule has 0 amide bonds. The fourth-order valence-electron chi connectivity index (χ4n) is 0.381. The van der Waals surface area contributed by atoms with Crippen LogP contribution in [0, 0.1) is 0 Å². The van der Waals surface area contributed by atoms with Gasteiger partial charge in [-0.05, 0) is 18.6 Å². The Kier molecular flexibility index (Phi) is 3.57. The lowest BCUT2D eigenvalue weighted by Gasteiger charge is -1.91. The van der Waals surface area contributed by atoms with Crippen LogP contribution in [-0.2, 0) is 9.59 Å². The summed E-state index contributed by atoms with van der Waals surface area (Å²) in [5, 5.41) is -0.196. The average Bonchev–Trinajstić information content (AvgIpc) is 1.87. The molecule has 54 valence electrons. The zero-order valence-corrected chi connectivity index (χ0v) is 7.43. The van der Waals surface area contributed by atoms with Gasteiger partial charge >= 0.3 is 0 Å². The summed E-state index contributed by atoms with van der Waals surface area (Å²) in [4.78, 5) is 21.4. The molecule has 0 aliphatic carbocycles. The summed E-state index contributed by atoms with van der Waals surface area (Å²) in [5.74, 6) is 0. The second-order valence-corrected chi connectivity index (χ2v) is 3.74. The van der Waals surface area contributed by atoms with Crippen molar-refractivity contribution in [3.8, 4) is 0 Å². The summed E-state index contributed by atoms with van der Waals surface area (Å²) in [5.41, 5.74) is 0.474. The van der Waals surface area contributed by atoms with E-state index in [4.69, 9.17) is 0 Å². The summed E-state index contributed by atoms with van der Waals surface area (Å²) >= 11 is 0. The Hall–Kier alpha value is -0.963. The smallest absolute Gasteiger partial charge is 0.189 e. The zero-order chi connectivity index (χ0) is 8.15. The van der Waals surface area contributed by atoms with E-state index in [9.17, 15) is 9.59 Å². The summed E-state index contributed by atoms with van der Waals surface area (Å²) < 4.78 is 0. The molecular weight excluding hydrogens is 144 g/mol. The van der Waals surface area contributed by atoms with E-state index in [0.717, 1.165) is 0 Å². The Morgan fingerprint density at radius 1 is 1.50 bits per heavy atom. The van der Waals surface area contributed by atoms with Crippen molar-refractivity contribution in [1.82, 2.24) is 0 Å². The minimum atomic E-state index is -1.28. The maximum atomic E-state index is 10.8. The first-order valence-electron chi connectivity index (χ1n) is 2.92. The van der Waals surface area contributed by atoms with Crippen LogP contribution in [-0.4, -0.2) is 20.3 Å². The normalized spacial score (nSPS) is 9.70. The molecule has 0 N–H and O–H groups in total. The lowest BCUT2D eigenvalue weighted by atomic mass is 10.4. The largest absolute Gasteiger partial charge is 0.301 e. The van der Waals surface area contributed by atoms with E-state index < -0.39 is 9.52 Å². The van der Waals surface area contributed by atoms with Gasteiger partial charge in [-0.15, -0.1) is 0 Å². The third kappa shape index (κ3) is 3.14. The van der Waals surface area contributed by atoms with Crippen LogP contribution < -0.4 is 0 Å². The number of hydrogen-bond donors (Lipinski definition) is 0. The van der Waals surface area contributed by atoms with Gasteiger partial charge in [-0.1, -0.05) is 13.2 Å². The number of carbonyl (C=O) groups is 2. The van der Waals surface area contributed by atoms with E-state index in [1.807, 2.05) is 0 Å². The number of allylic oxidation sites excluding steroid dienone is 2. The number of carbonyl (C=O) groups excluding carboxylic acids is 2. The molecule has 0 fully saturated rings. The molecule has 0 radical (unpaired) electrons. The molecule has 0 aliphatic rings. The van der Waals surface area contributed by atoms with E-state index in [2.05, 4.69) is 13.2 Å². The van der Waals surface area contributed by atoms with Crippen molar-refractivity contribution < 1.29 is 9.59 Å². The van der Waals surface area contributed by atoms with Crippen molar-refractivity contribution in [3.63, 3.8) is 0 Å². The molecule has 0 atom stereocenters. The van der Waals surface area contributed by atoms with Crippen LogP contribution in [0.4, 0.5) is 0 Å². The van der Waals surface area contributed by atoms with Crippen molar-refractivity contribution in [1.29, 1.82) is 0 Å². The fourth-order valence-corrected chi connectivity index (χ4v) is 1.14. The van der Waals surface area contributed by atoms with Crippen LogP contribution in [0.1, 0.15) is 6.92 Å². The molecule has 0 aromatic heterocycles. The number of hydrogen-bond acceptors (Lipinski definition) is 2. The quantitative estimate of drug-likeness (QED) is 0.421. The summed E-state index contributed by atoms with van der Waals surface area (Å²) in [6.07, 6.45) is 1.20. The molecule has 0 saturated heterocycles. The van der Waals surface area contributed by atoms with Crippen molar-refractivity contribution in [2.24, 2.45) is 0 Å². The van der Waals surface area contributed by atoms with Gasteiger partial charge < -0.3 is 9.59 Å². The minimum Gasteiger partial charge on any atom is -0.301 e. The van der Waals surface area contributed by atoms with Gasteiger partial charge in [-0.2, -0.15) is 0 Å². The monoisotopic (exact) mass is 154 g/mol. The topological polar surface area (TPSA) is 34.1 Å². The standard InChI is InChI=1S/C7H10O2Si/c1-4-6(8)10-7(9)5(2)3/h4H,1-2,10H2,3H3. The first-order valence-corrected chi connectivity index (χ1v) is 4.33. The van der Waals surface area contributed by atoms with Gasteiger partial charge in [0.15, 0.2) is 9.52 Å². The molecule has 0 unspecified atom stereocenters. The Labute approximate surface area is 62.4 Å². The highest BCUT2D eigenvalue weighted by atomic mass is 28.2. The Morgan fingerprint density at radius 2 is 2.00 bits per heavy atom. The fraction of sp³-hybridized carbons (Fsp3) is 0.143. The van der Waals surface area contributed by atoms with E-state index in [-0.39, 0.29) is 10.8 Å². The van der Waals surface area contributed by atoms with Crippen LogP contribution in [0.25, 0.3) is 0 Å². The highest BCUT2D eigenvalue weighted by Gasteiger charge is 2.06. The van der Waals surface area contributed by atoms with Crippen LogP contribution in [0.5, 0.6) is 0 Å². The zero-order valence-electron chi connectivity index (χ0n) is 6.02. The van der Waals surface area contributed by atoms with Crippen molar-refractivity contribution in [3.05, 3.63) is 24.8 Å². The molecular formula is C7H10O2Si. The predicted octanol–water partition coefficient (Wildman–Crippen LogP) is -0.0295. The molecule has 3 heteroatoms. The summed E-state index contributed by atoms with van der Waals surface area (Å²) in [6, 6.07) is 0.